The van der Waals surface area contributed by atoms with Gasteiger partial charge in [-0.1, -0.05) is 0 Å². The fourth-order valence-corrected chi connectivity index (χ4v) is 4.71. The third-order valence-electron chi connectivity index (χ3n) is 5.66. The smallest absolute Gasteiger partial charge is 0.160 e. The molecule has 1 aliphatic carbocycles. The first-order valence-electron chi connectivity index (χ1n) is 7.46. The molecule has 1 saturated heterocycles. The SMILES string of the molecule is COc1cc2c(cc1O)CN1CC[C@@]23CC[C@@H](O)C[C@H]13. The molecule has 1 aromatic carbocycles. The molecule has 4 rings (SSSR count). The number of aliphatic hydroxyl groups is 1. The third-order valence-corrected chi connectivity index (χ3v) is 5.66. The molecule has 2 fully saturated rings. The predicted molar refractivity (Wildman–Crippen MR) is 75.0 cm³/mol. The van der Waals surface area contributed by atoms with E-state index in [1.165, 1.54) is 11.1 Å². The number of phenolic OH excluding ortho intramolecular Hbond substituents is 1. The summed E-state index contributed by atoms with van der Waals surface area (Å²) in [5.41, 5.74) is 2.74. The second-order valence-corrected chi connectivity index (χ2v) is 6.50. The minimum atomic E-state index is -0.158. The molecule has 0 amide bonds. The summed E-state index contributed by atoms with van der Waals surface area (Å²) < 4.78 is 5.30. The van der Waals surface area contributed by atoms with Crippen molar-refractivity contribution in [1.82, 2.24) is 4.90 Å². The lowest BCUT2D eigenvalue weighted by atomic mass is 9.63. The quantitative estimate of drug-likeness (QED) is 0.820. The highest BCUT2D eigenvalue weighted by Crippen LogP contribution is 2.54. The van der Waals surface area contributed by atoms with Crippen LogP contribution < -0.4 is 4.74 Å². The summed E-state index contributed by atoms with van der Waals surface area (Å²) in [5, 5.41) is 20.0. The van der Waals surface area contributed by atoms with Crippen LogP contribution in [0.3, 0.4) is 0 Å². The number of phenols is 1. The Morgan fingerprint density at radius 2 is 2.20 bits per heavy atom. The van der Waals surface area contributed by atoms with Gasteiger partial charge in [-0.2, -0.15) is 0 Å². The predicted octanol–water partition coefficient (Wildman–Crippen LogP) is 1.77. The molecule has 2 bridgehead atoms. The van der Waals surface area contributed by atoms with Gasteiger partial charge < -0.3 is 14.9 Å². The average Bonchev–Trinajstić information content (AvgIpc) is 2.71. The maximum Gasteiger partial charge on any atom is 0.160 e. The van der Waals surface area contributed by atoms with E-state index in [2.05, 4.69) is 4.90 Å². The standard InChI is InChI=1S/C16H21NO3/c1-20-14-8-12-10(6-13(14)19)9-17-5-4-16(12)3-2-11(18)7-15(16)17/h6,8,11,15,18-19H,2-5,7,9H2,1H3/t11-,15+,16+/m1/s1. The van der Waals surface area contributed by atoms with Crippen LogP contribution in [0.1, 0.15) is 36.8 Å². The fourth-order valence-electron chi connectivity index (χ4n) is 4.71. The number of nitrogens with zero attached hydrogens (tertiary/aromatic N) is 1. The Morgan fingerprint density at radius 1 is 1.35 bits per heavy atom. The summed E-state index contributed by atoms with van der Waals surface area (Å²) in [5.74, 6) is 0.806. The minimum Gasteiger partial charge on any atom is -0.504 e. The van der Waals surface area contributed by atoms with Crippen LogP contribution >= 0.6 is 0 Å². The first-order valence-corrected chi connectivity index (χ1v) is 7.46. The highest BCUT2D eigenvalue weighted by atomic mass is 16.5. The normalized spacial score (nSPS) is 38.2. The first kappa shape index (κ1) is 12.5. The fraction of sp³-hybridized carbons (Fsp3) is 0.625. The maximum absolute atomic E-state index is 10.0. The molecule has 2 heterocycles. The van der Waals surface area contributed by atoms with Crippen LogP contribution in [0.25, 0.3) is 0 Å². The van der Waals surface area contributed by atoms with Gasteiger partial charge in [-0.05, 0) is 55.5 Å². The summed E-state index contributed by atoms with van der Waals surface area (Å²) in [4.78, 5) is 2.48. The van der Waals surface area contributed by atoms with Crippen LogP contribution in [0.2, 0.25) is 0 Å². The molecule has 2 N–H and O–H groups in total. The molecule has 1 unspecified atom stereocenters. The number of hydrogen-bond acceptors (Lipinski definition) is 4. The van der Waals surface area contributed by atoms with E-state index >= 15 is 0 Å². The molecule has 4 nitrogen and oxygen atoms in total. The molecular formula is C16H21NO3. The van der Waals surface area contributed by atoms with Crippen LogP contribution in [-0.2, 0) is 12.0 Å². The minimum absolute atomic E-state index is 0.158. The van der Waals surface area contributed by atoms with Gasteiger partial charge in [0, 0.05) is 18.0 Å². The molecule has 3 aliphatic rings. The van der Waals surface area contributed by atoms with Crippen LogP contribution in [0.15, 0.2) is 12.1 Å². The van der Waals surface area contributed by atoms with Gasteiger partial charge in [0.2, 0.25) is 0 Å². The molecule has 2 aliphatic heterocycles. The van der Waals surface area contributed by atoms with E-state index in [1.807, 2.05) is 12.1 Å². The largest absolute Gasteiger partial charge is 0.504 e. The van der Waals surface area contributed by atoms with Gasteiger partial charge in [-0.3, -0.25) is 4.90 Å². The number of hydrogen-bond donors (Lipinski definition) is 2. The summed E-state index contributed by atoms with van der Waals surface area (Å²) in [6.07, 6.45) is 3.80. The lowest BCUT2D eigenvalue weighted by molar-refractivity contribution is 0.0383. The van der Waals surface area contributed by atoms with Crippen molar-refractivity contribution in [1.29, 1.82) is 0 Å². The van der Waals surface area contributed by atoms with Crippen molar-refractivity contribution in [2.75, 3.05) is 13.7 Å². The Morgan fingerprint density at radius 3 is 3.00 bits per heavy atom. The average molecular weight is 275 g/mol. The second-order valence-electron chi connectivity index (χ2n) is 6.50. The van der Waals surface area contributed by atoms with Crippen molar-refractivity contribution in [3.63, 3.8) is 0 Å². The van der Waals surface area contributed by atoms with E-state index in [9.17, 15) is 10.2 Å². The van der Waals surface area contributed by atoms with E-state index in [0.717, 1.165) is 38.8 Å². The summed E-state index contributed by atoms with van der Waals surface area (Å²) in [6.45, 7) is 1.97. The monoisotopic (exact) mass is 275 g/mol. The Hall–Kier alpha value is -1.26. The van der Waals surface area contributed by atoms with Crippen molar-refractivity contribution in [3.8, 4) is 11.5 Å². The number of aromatic hydroxyl groups is 1. The lowest BCUT2D eigenvalue weighted by Gasteiger charge is -2.48. The molecular weight excluding hydrogens is 254 g/mol. The zero-order chi connectivity index (χ0) is 13.9. The molecule has 108 valence electrons. The number of fused-ring (bicyclic) bond motifs is 1. The zero-order valence-electron chi connectivity index (χ0n) is 11.8. The Balaban J connectivity index is 1.87. The van der Waals surface area contributed by atoms with Gasteiger partial charge in [0.1, 0.15) is 0 Å². The molecule has 0 aromatic heterocycles. The van der Waals surface area contributed by atoms with Crippen molar-refractivity contribution in [3.05, 3.63) is 23.3 Å². The Kier molecular flexibility index (Phi) is 2.57. The van der Waals surface area contributed by atoms with Crippen molar-refractivity contribution < 1.29 is 14.9 Å². The molecule has 1 aromatic rings. The molecule has 4 heteroatoms. The van der Waals surface area contributed by atoms with E-state index < -0.39 is 0 Å². The summed E-state index contributed by atoms with van der Waals surface area (Å²) >= 11 is 0. The van der Waals surface area contributed by atoms with Crippen LogP contribution in [-0.4, -0.2) is 40.9 Å². The highest BCUT2D eigenvalue weighted by Gasteiger charge is 2.54. The van der Waals surface area contributed by atoms with Crippen LogP contribution in [0.5, 0.6) is 11.5 Å². The summed E-state index contributed by atoms with van der Waals surface area (Å²) in [7, 11) is 1.60. The zero-order valence-corrected chi connectivity index (χ0v) is 11.8. The second kappa shape index (κ2) is 4.12. The van der Waals surface area contributed by atoms with Crippen LogP contribution in [0, 0.1) is 0 Å². The van der Waals surface area contributed by atoms with Crippen molar-refractivity contribution in [2.24, 2.45) is 0 Å². The number of aliphatic hydroxyl groups excluding tert-OH is 1. The van der Waals surface area contributed by atoms with E-state index in [-0.39, 0.29) is 17.3 Å². The van der Waals surface area contributed by atoms with Gasteiger partial charge in [0.05, 0.1) is 13.2 Å². The van der Waals surface area contributed by atoms with Gasteiger partial charge in [0.25, 0.3) is 0 Å². The van der Waals surface area contributed by atoms with Crippen molar-refractivity contribution >= 4 is 0 Å². The Bertz CT molecular complexity index is 559. The number of ether oxygens (including phenoxy) is 1. The van der Waals surface area contributed by atoms with Crippen molar-refractivity contribution in [2.45, 2.75) is 49.8 Å². The van der Waals surface area contributed by atoms with Gasteiger partial charge >= 0.3 is 0 Å². The summed E-state index contributed by atoms with van der Waals surface area (Å²) in [6, 6.07) is 4.36. The topological polar surface area (TPSA) is 52.9 Å². The molecule has 1 saturated carbocycles. The first-order chi connectivity index (χ1) is 9.64. The Labute approximate surface area is 119 Å². The van der Waals surface area contributed by atoms with Gasteiger partial charge in [-0.15, -0.1) is 0 Å². The van der Waals surface area contributed by atoms with Gasteiger partial charge in [0.15, 0.2) is 11.5 Å². The van der Waals surface area contributed by atoms with E-state index in [4.69, 9.17) is 4.74 Å². The van der Waals surface area contributed by atoms with Crippen LogP contribution in [0.4, 0.5) is 0 Å². The third kappa shape index (κ3) is 1.49. The maximum atomic E-state index is 10.0. The lowest BCUT2D eigenvalue weighted by Crippen LogP contribution is -2.51. The number of methoxy groups -OCH3 is 1. The molecule has 20 heavy (non-hydrogen) atoms. The number of rotatable bonds is 1. The molecule has 4 atom stereocenters. The number of benzene rings is 1. The molecule has 0 radical (unpaired) electrons. The van der Waals surface area contributed by atoms with E-state index in [0.29, 0.717) is 11.8 Å². The van der Waals surface area contributed by atoms with Gasteiger partial charge in [-0.25, -0.2) is 0 Å². The van der Waals surface area contributed by atoms with E-state index in [1.54, 1.807) is 7.11 Å². The molecule has 0 spiro atoms. The highest BCUT2D eigenvalue weighted by molar-refractivity contribution is 5.52.